The Morgan fingerprint density at radius 3 is 1.59 bits per heavy atom. The molecule has 3 atom stereocenters. The lowest BCUT2D eigenvalue weighted by Gasteiger charge is -2.29. The second-order valence-electron chi connectivity index (χ2n) is 11.9. The zero-order chi connectivity index (χ0) is 31.6. The molecule has 5 nitrogen and oxygen atoms in total. The quantitative estimate of drug-likeness (QED) is 0.0957. The molecule has 0 radical (unpaired) electrons. The van der Waals surface area contributed by atoms with E-state index in [0.29, 0.717) is 11.7 Å². The maximum Gasteiger partial charge on any atom is 0.315 e. The number of fused-ring (bicyclic) bond motifs is 1. The number of carbonyl (C=O) groups is 2. The number of urea groups is 1. The van der Waals surface area contributed by atoms with Gasteiger partial charge in [-0.2, -0.15) is 11.8 Å². The van der Waals surface area contributed by atoms with Crippen LogP contribution in [0.5, 0.6) is 0 Å². The van der Waals surface area contributed by atoms with E-state index in [-0.39, 0.29) is 24.0 Å². The first-order chi connectivity index (χ1) is 22.7. The van der Waals surface area contributed by atoms with Gasteiger partial charge in [-0.05, 0) is 62.2 Å². The number of hydrogen-bond donors (Lipinski definition) is 2. The fourth-order valence-corrected chi connectivity index (χ4v) is 12.7. The van der Waals surface area contributed by atoms with E-state index in [1.807, 2.05) is 11.8 Å². The molecule has 2 aliphatic heterocycles. The highest BCUT2D eigenvalue weighted by atomic mass is 32.2. The highest BCUT2D eigenvalue weighted by Crippen LogP contribution is 2.36. The minimum Gasteiger partial charge on any atom is -0.342 e. The summed E-state index contributed by atoms with van der Waals surface area (Å²) in [7, 11) is -1.17. The van der Waals surface area contributed by atoms with Crippen LogP contribution in [-0.2, 0) is 4.79 Å². The molecule has 3 amide bonds. The zero-order valence-electron chi connectivity index (χ0n) is 26.2. The molecule has 8 heteroatoms. The third-order valence-corrected chi connectivity index (χ3v) is 15.4. The van der Waals surface area contributed by atoms with Crippen LogP contribution in [0.15, 0.2) is 121 Å². The van der Waals surface area contributed by atoms with Crippen LogP contribution in [0.3, 0.4) is 0 Å². The van der Waals surface area contributed by atoms with Gasteiger partial charge < -0.3 is 15.5 Å². The summed E-state index contributed by atoms with van der Waals surface area (Å²) in [4.78, 5) is 28.0. The average Bonchev–Trinajstić information content (AvgIpc) is 3.66. The van der Waals surface area contributed by atoms with Crippen molar-refractivity contribution in [1.29, 1.82) is 0 Å². The van der Waals surface area contributed by atoms with E-state index in [4.69, 9.17) is 0 Å². The summed E-state index contributed by atoms with van der Waals surface area (Å²) in [5.41, 5.74) is 0. The minimum absolute atomic E-state index is 0.0388. The van der Waals surface area contributed by atoms with Crippen LogP contribution < -0.4 is 31.9 Å². The maximum atomic E-state index is 14.0. The number of unbranched alkanes of at least 4 members (excludes halogenated alkanes) is 1. The molecule has 2 fully saturated rings. The summed E-state index contributed by atoms with van der Waals surface area (Å²) in [5.74, 6) is 1.23. The van der Waals surface area contributed by atoms with Gasteiger partial charge in [0.15, 0.2) is 0 Å². The van der Waals surface area contributed by atoms with Gasteiger partial charge in [-0.15, -0.1) is 0 Å². The summed E-state index contributed by atoms with van der Waals surface area (Å²) in [5, 5.41) is 12.0. The molecule has 2 N–H and O–H groups in total. The fraction of sp³-hybridized carbons (Fsp3) is 0.316. The first-order valence-electron chi connectivity index (χ1n) is 16.4. The van der Waals surface area contributed by atoms with Gasteiger partial charge in [-0.25, -0.2) is 4.79 Å². The van der Waals surface area contributed by atoms with Gasteiger partial charge in [-0.1, -0.05) is 128 Å². The predicted molar refractivity (Wildman–Crippen MR) is 198 cm³/mol. The lowest BCUT2D eigenvalue weighted by atomic mass is 10.0. The number of hydrogen-bond acceptors (Lipinski definition) is 3. The first kappa shape index (κ1) is 32.8. The van der Waals surface area contributed by atoms with Gasteiger partial charge in [0.2, 0.25) is 5.91 Å². The Labute approximate surface area is 280 Å². The number of amides is 3. The standard InChI is InChI=1S/C38H43N3O2P2S/c42-36(24-14-13-23-35-37-34(29-46-35)39-38(43)40-37)41(25-27-44(30-15-5-1-6-16-30)31-17-7-2-8-18-31)26-28-45(32-19-9-3-10-20-32)33-21-11-4-12-22-33/h1-12,15-22,34-35,37H,13-14,23-29H2,(H2,39,40,43)/t34-,35+,37+/m1/s1. The van der Waals surface area contributed by atoms with E-state index < -0.39 is 15.8 Å². The molecule has 0 bridgehead atoms. The molecule has 0 unspecified atom stereocenters. The minimum atomic E-state index is -0.585. The molecule has 2 aliphatic rings. The van der Waals surface area contributed by atoms with E-state index in [1.165, 1.54) is 21.2 Å². The largest absolute Gasteiger partial charge is 0.342 e. The molecule has 0 saturated carbocycles. The normalized spacial score (nSPS) is 18.7. The molecule has 2 saturated heterocycles. The van der Waals surface area contributed by atoms with E-state index in [0.717, 1.165) is 50.4 Å². The second kappa shape index (κ2) is 16.6. The van der Waals surface area contributed by atoms with Crippen molar-refractivity contribution in [2.45, 2.75) is 43.0 Å². The summed E-state index contributed by atoms with van der Waals surface area (Å²) >= 11 is 1.95. The third-order valence-electron chi connectivity index (χ3n) is 8.88. The molecular weight excluding hydrogens is 624 g/mol. The summed E-state index contributed by atoms with van der Waals surface area (Å²) < 4.78 is 0. The van der Waals surface area contributed by atoms with Crippen molar-refractivity contribution < 1.29 is 9.59 Å². The highest BCUT2D eigenvalue weighted by molar-refractivity contribution is 8.00. The summed E-state index contributed by atoms with van der Waals surface area (Å²) in [6.07, 6.45) is 5.36. The Morgan fingerprint density at radius 1 is 0.674 bits per heavy atom. The molecular formula is C38H43N3O2P2S. The van der Waals surface area contributed by atoms with E-state index in [2.05, 4.69) is 137 Å². The lowest BCUT2D eigenvalue weighted by molar-refractivity contribution is -0.130. The Balaban J connectivity index is 1.14. The molecule has 0 spiro atoms. The maximum absolute atomic E-state index is 14.0. The first-order valence-corrected chi connectivity index (χ1v) is 20.5. The monoisotopic (exact) mass is 667 g/mol. The number of nitrogens with zero attached hydrogens (tertiary/aromatic N) is 1. The van der Waals surface area contributed by atoms with Crippen LogP contribution in [0, 0.1) is 0 Å². The fourth-order valence-electron chi connectivity index (χ4n) is 6.47. The third kappa shape index (κ3) is 8.59. The molecule has 0 aliphatic carbocycles. The van der Waals surface area contributed by atoms with Gasteiger partial charge in [-0.3, -0.25) is 4.79 Å². The predicted octanol–water partition coefficient (Wildman–Crippen LogP) is 5.81. The molecule has 0 aromatic heterocycles. The summed E-state index contributed by atoms with van der Waals surface area (Å²) in [6, 6.07) is 43.7. The number of carbonyl (C=O) groups excluding carboxylic acids is 2. The van der Waals surface area contributed by atoms with Crippen molar-refractivity contribution in [3.63, 3.8) is 0 Å². The highest BCUT2D eigenvalue weighted by Gasteiger charge is 2.42. The van der Waals surface area contributed by atoms with Gasteiger partial charge in [0.05, 0.1) is 12.1 Å². The zero-order valence-corrected chi connectivity index (χ0v) is 28.8. The van der Waals surface area contributed by atoms with Gasteiger partial charge in [0.25, 0.3) is 0 Å². The van der Waals surface area contributed by atoms with Crippen LogP contribution >= 0.6 is 27.6 Å². The van der Waals surface area contributed by atoms with E-state index in [1.54, 1.807) is 0 Å². The topological polar surface area (TPSA) is 61.4 Å². The van der Waals surface area contributed by atoms with Crippen LogP contribution in [0.25, 0.3) is 0 Å². The van der Waals surface area contributed by atoms with Crippen LogP contribution in [-0.4, -0.2) is 65.3 Å². The Bertz CT molecular complexity index is 1370. The van der Waals surface area contributed by atoms with Crippen molar-refractivity contribution in [2.75, 3.05) is 31.2 Å². The Morgan fingerprint density at radius 2 is 1.13 bits per heavy atom. The molecule has 2 heterocycles. The Kier molecular flexibility index (Phi) is 11.8. The van der Waals surface area contributed by atoms with Crippen LogP contribution in [0.1, 0.15) is 25.7 Å². The molecule has 6 rings (SSSR count). The number of nitrogens with one attached hydrogen (secondary N) is 2. The van der Waals surface area contributed by atoms with Crippen molar-refractivity contribution in [2.24, 2.45) is 0 Å². The van der Waals surface area contributed by atoms with Gasteiger partial charge in [0, 0.05) is 30.5 Å². The summed E-state index contributed by atoms with van der Waals surface area (Å²) in [6.45, 7) is 1.50. The average molecular weight is 668 g/mol. The second-order valence-corrected chi connectivity index (χ2v) is 17.8. The number of rotatable bonds is 15. The smallest absolute Gasteiger partial charge is 0.315 e. The van der Waals surface area contributed by atoms with E-state index >= 15 is 0 Å². The molecule has 238 valence electrons. The van der Waals surface area contributed by atoms with E-state index in [9.17, 15) is 9.59 Å². The number of benzene rings is 4. The van der Waals surface area contributed by atoms with Crippen LogP contribution in [0.2, 0.25) is 0 Å². The lowest BCUT2D eigenvalue weighted by Crippen LogP contribution is -2.37. The van der Waals surface area contributed by atoms with Gasteiger partial charge in [0.1, 0.15) is 0 Å². The van der Waals surface area contributed by atoms with Crippen LogP contribution in [0.4, 0.5) is 4.79 Å². The Hall–Kier alpha value is -3.17. The molecule has 4 aromatic rings. The van der Waals surface area contributed by atoms with Crippen molar-refractivity contribution in [3.05, 3.63) is 121 Å². The molecule has 46 heavy (non-hydrogen) atoms. The number of thioether (sulfide) groups is 1. The molecule has 4 aromatic carbocycles. The van der Waals surface area contributed by atoms with Crippen molar-refractivity contribution >= 4 is 60.8 Å². The van der Waals surface area contributed by atoms with Crippen molar-refractivity contribution in [1.82, 2.24) is 15.5 Å². The van der Waals surface area contributed by atoms with Gasteiger partial charge >= 0.3 is 6.03 Å². The SMILES string of the molecule is O=C1N[C@@H]2[C@H](CCCCC(=O)N(CCP(c3ccccc3)c3ccccc3)CCP(c3ccccc3)c3ccccc3)SC[C@H]2N1. The van der Waals surface area contributed by atoms with Crippen molar-refractivity contribution in [3.8, 4) is 0 Å².